The third-order valence-electron chi connectivity index (χ3n) is 4.09. The molecule has 1 aromatic carbocycles. The molecule has 9 heteroatoms. The zero-order chi connectivity index (χ0) is 18.4. The number of carbonyl (C=O) groups excluding carboxylic acids is 1. The summed E-state index contributed by atoms with van der Waals surface area (Å²) in [5.41, 5.74) is 1.17. The standard InChI is InChI=1S/C17H22N4O4S/c1-3-24-15(22)12-25-17-16(18-26-19-17)21-10-8-20(9-11-21)13-4-6-14(23-2)7-5-13/h4-7H,3,8-12H2,1-2H3. The number of esters is 1. The van der Waals surface area contributed by atoms with Gasteiger partial charge in [-0.15, -0.1) is 4.37 Å². The Morgan fingerprint density at radius 1 is 1.12 bits per heavy atom. The van der Waals surface area contributed by atoms with Crippen molar-refractivity contribution >= 4 is 29.2 Å². The van der Waals surface area contributed by atoms with Crippen LogP contribution in [0.3, 0.4) is 0 Å². The van der Waals surface area contributed by atoms with Gasteiger partial charge in [0, 0.05) is 31.9 Å². The molecule has 0 radical (unpaired) electrons. The lowest BCUT2D eigenvalue weighted by atomic mass is 10.2. The highest BCUT2D eigenvalue weighted by molar-refractivity contribution is 6.99. The first-order valence-corrected chi connectivity index (χ1v) is 9.19. The van der Waals surface area contributed by atoms with Gasteiger partial charge >= 0.3 is 5.97 Å². The summed E-state index contributed by atoms with van der Waals surface area (Å²) in [5, 5.41) is 0. The van der Waals surface area contributed by atoms with Crippen molar-refractivity contribution in [2.24, 2.45) is 0 Å². The Morgan fingerprint density at radius 3 is 2.46 bits per heavy atom. The molecule has 2 aromatic rings. The van der Waals surface area contributed by atoms with Crippen LogP contribution in [0.1, 0.15) is 6.92 Å². The van der Waals surface area contributed by atoms with Crippen molar-refractivity contribution in [2.75, 3.05) is 56.3 Å². The van der Waals surface area contributed by atoms with E-state index in [0.29, 0.717) is 18.3 Å². The maximum absolute atomic E-state index is 11.5. The Labute approximate surface area is 156 Å². The first-order valence-electron chi connectivity index (χ1n) is 8.46. The molecule has 140 valence electrons. The Balaban J connectivity index is 1.56. The summed E-state index contributed by atoms with van der Waals surface area (Å²) in [4.78, 5) is 15.9. The minimum atomic E-state index is -0.407. The maximum atomic E-state index is 11.5. The largest absolute Gasteiger partial charge is 0.497 e. The van der Waals surface area contributed by atoms with Crippen LogP contribution in [0, 0.1) is 0 Å². The summed E-state index contributed by atoms with van der Waals surface area (Å²) in [5.74, 6) is 1.52. The smallest absolute Gasteiger partial charge is 0.344 e. The second-order valence-electron chi connectivity index (χ2n) is 5.66. The lowest BCUT2D eigenvalue weighted by Gasteiger charge is -2.36. The maximum Gasteiger partial charge on any atom is 0.344 e. The van der Waals surface area contributed by atoms with Crippen LogP contribution < -0.4 is 19.3 Å². The SMILES string of the molecule is CCOC(=O)COc1nsnc1N1CCN(c2ccc(OC)cc2)CC1. The molecule has 2 heterocycles. The quantitative estimate of drug-likeness (QED) is 0.675. The molecule has 0 amide bonds. The average molecular weight is 378 g/mol. The predicted octanol–water partition coefficient (Wildman–Crippen LogP) is 1.82. The number of aromatic nitrogens is 2. The molecular formula is C17H22N4O4S. The van der Waals surface area contributed by atoms with E-state index in [0.717, 1.165) is 43.7 Å². The van der Waals surface area contributed by atoms with Crippen molar-refractivity contribution in [2.45, 2.75) is 6.92 Å². The van der Waals surface area contributed by atoms with Crippen molar-refractivity contribution in [1.29, 1.82) is 0 Å². The van der Waals surface area contributed by atoms with Gasteiger partial charge in [0.25, 0.3) is 5.88 Å². The van der Waals surface area contributed by atoms with E-state index < -0.39 is 5.97 Å². The molecule has 1 aliphatic rings. The van der Waals surface area contributed by atoms with E-state index in [1.807, 2.05) is 12.1 Å². The first kappa shape index (κ1) is 18.2. The van der Waals surface area contributed by atoms with Gasteiger partial charge in [-0.05, 0) is 31.2 Å². The number of benzene rings is 1. The highest BCUT2D eigenvalue weighted by Gasteiger charge is 2.23. The monoisotopic (exact) mass is 378 g/mol. The van der Waals surface area contributed by atoms with E-state index in [1.54, 1.807) is 14.0 Å². The fourth-order valence-corrected chi connectivity index (χ4v) is 3.28. The second kappa shape index (κ2) is 8.70. The number of hydrogen-bond donors (Lipinski definition) is 0. The molecule has 8 nitrogen and oxygen atoms in total. The zero-order valence-electron chi connectivity index (χ0n) is 14.9. The van der Waals surface area contributed by atoms with E-state index in [4.69, 9.17) is 14.2 Å². The highest BCUT2D eigenvalue weighted by atomic mass is 32.1. The second-order valence-corrected chi connectivity index (χ2v) is 6.19. The molecule has 0 atom stereocenters. The van der Waals surface area contributed by atoms with Crippen molar-refractivity contribution in [1.82, 2.24) is 8.75 Å². The molecule has 0 saturated carbocycles. The molecule has 0 aliphatic carbocycles. The van der Waals surface area contributed by atoms with E-state index in [9.17, 15) is 4.79 Å². The van der Waals surface area contributed by atoms with Crippen molar-refractivity contribution in [3.8, 4) is 11.6 Å². The van der Waals surface area contributed by atoms with Crippen molar-refractivity contribution in [3.05, 3.63) is 24.3 Å². The lowest BCUT2D eigenvalue weighted by Crippen LogP contribution is -2.46. The zero-order valence-corrected chi connectivity index (χ0v) is 15.7. The topological polar surface area (TPSA) is 77.0 Å². The molecule has 3 rings (SSSR count). The normalized spacial score (nSPS) is 14.2. The fourth-order valence-electron chi connectivity index (χ4n) is 2.76. The molecule has 1 saturated heterocycles. The molecule has 26 heavy (non-hydrogen) atoms. The van der Waals surface area contributed by atoms with Crippen LogP contribution in [-0.2, 0) is 9.53 Å². The number of nitrogens with zero attached hydrogens (tertiary/aromatic N) is 4. The number of piperazine rings is 1. The van der Waals surface area contributed by atoms with Gasteiger partial charge in [-0.25, -0.2) is 4.79 Å². The fraction of sp³-hybridized carbons (Fsp3) is 0.471. The lowest BCUT2D eigenvalue weighted by molar-refractivity contribution is -0.145. The Kier molecular flexibility index (Phi) is 6.11. The van der Waals surface area contributed by atoms with Crippen LogP contribution >= 0.6 is 11.7 Å². The third kappa shape index (κ3) is 4.34. The number of hydrogen-bond acceptors (Lipinski definition) is 9. The number of carbonyl (C=O) groups is 1. The Hall–Kier alpha value is -2.55. The van der Waals surface area contributed by atoms with Crippen LogP contribution in [-0.4, -0.2) is 61.2 Å². The minimum Gasteiger partial charge on any atom is -0.497 e. The highest BCUT2D eigenvalue weighted by Crippen LogP contribution is 2.28. The minimum absolute atomic E-state index is 0.155. The van der Waals surface area contributed by atoms with Gasteiger partial charge in [-0.3, -0.25) is 0 Å². The molecular weight excluding hydrogens is 356 g/mol. The summed E-state index contributed by atoms with van der Waals surface area (Å²) in [7, 11) is 1.66. The predicted molar refractivity (Wildman–Crippen MR) is 99.5 cm³/mol. The number of methoxy groups -OCH3 is 1. The molecule has 1 fully saturated rings. The summed E-state index contributed by atoms with van der Waals surface area (Å²) < 4.78 is 24.0. The number of ether oxygens (including phenoxy) is 3. The van der Waals surface area contributed by atoms with Crippen LogP contribution in [0.4, 0.5) is 11.5 Å². The van der Waals surface area contributed by atoms with E-state index in [-0.39, 0.29) is 6.61 Å². The summed E-state index contributed by atoms with van der Waals surface area (Å²) in [6.07, 6.45) is 0. The van der Waals surface area contributed by atoms with Crippen molar-refractivity contribution < 1.29 is 19.0 Å². The van der Waals surface area contributed by atoms with E-state index >= 15 is 0 Å². The summed E-state index contributed by atoms with van der Waals surface area (Å²) in [6, 6.07) is 8.06. The molecule has 1 aliphatic heterocycles. The van der Waals surface area contributed by atoms with Crippen LogP contribution in [0.2, 0.25) is 0 Å². The summed E-state index contributed by atoms with van der Waals surface area (Å²) in [6.45, 7) is 5.26. The van der Waals surface area contributed by atoms with Crippen molar-refractivity contribution in [3.63, 3.8) is 0 Å². The van der Waals surface area contributed by atoms with Crippen LogP contribution in [0.5, 0.6) is 11.6 Å². The number of anilines is 2. The first-order chi connectivity index (χ1) is 12.7. The van der Waals surface area contributed by atoms with Gasteiger partial charge in [0.05, 0.1) is 25.4 Å². The average Bonchev–Trinajstić information content (AvgIpc) is 3.15. The van der Waals surface area contributed by atoms with Gasteiger partial charge in [-0.1, -0.05) is 0 Å². The van der Waals surface area contributed by atoms with E-state index in [2.05, 4.69) is 30.7 Å². The third-order valence-corrected chi connectivity index (χ3v) is 4.59. The Bertz CT molecular complexity index is 714. The molecule has 1 aromatic heterocycles. The molecule has 0 spiro atoms. The van der Waals surface area contributed by atoms with Crippen LogP contribution in [0.15, 0.2) is 24.3 Å². The van der Waals surface area contributed by atoms with Gasteiger partial charge < -0.3 is 24.0 Å². The van der Waals surface area contributed by atoms with Gasteiger partial charge in [0.1, 0.15) is 5.75 Å². The molecule has 0 bridgehead atoms. The van der Waals surface area contributed by atoms with Crippen LogP contribution in [0.25, 0.3) is 0 Å². The summed E-state index contributed by atoms with van der Waals surface area (Å²) >= 11 is 1.08. The molecule has 0 unspecified atom stereocenters. The van der Waals surface area contributed by atoms with Gasteiger partial charge in [-0.2, -0.15) is 4.37 Å². The number of rotatable bonds is 7. The van der Waals surface area contributed by atoms with Gasteiger partial charge in [0.2, 0.25) is 5.82 Å². The molecule has 0 N–H and O–H groups in total. The van der Waals surface area contributed by atoms with Gasteiger partial charge in [0.15, 0.2) is 6.61 Å². The van der Waals surface area contributed by atoms with E-state index in [1.165, 1.54) is 5.69 Å². The Morgan fingerprint density at radius 2 is 1.81 bits per heavy atom.